The number of methoxy groups -OCH3 is 1. The SMILES string of the molecule is CN=C(NCCOCCS(C)(=O)=O)N1CCN(Cc2ccc(OC)c(F)c2)CC1.I. The highest BCUT2D eigenvalue weighted by Crippen LogP contribution is 2.19. The number of guanidine groups is 1. The maximum atomic E-state index is 13.9. The standard InChI is InChI=1S/C19H31FN4O4S.HI/c1-21-19(22-6-11-28-12-13-29(3,25)26)24-9-7-23(8-10-24)15-16-4-5-18(27-2)17(20)14-16;/h4-5,14H,6-13,15H2,1-3H3,(H,21,22);1H. The van der Waals surface area contributed by atoms with Crippen molar-refractivity contribution in [2.45, 2.75) is 6.54 Å². The number of sulfone groups is 1. The van der Waals surface area contributed by atoms with Gasteiger partial charge in [0, 0.05) is 52.6 Å². The van der Waals surface area contributed by atoms with Gasteiger partial charge in [0.05, 0.1) is 26.1 Å². The van der Waals surface area contributed by atoms with Gasteiger partial charge in [0.25, 0.3) is 0 Å². The van der Waals surface area contributed by atoms with E-state index < -0.39 is 9.84 Å². The summed E-state index contributed by atoms with van der Waals surface area (Å²) >= 11 is 0. The number of nitrogens with one attached hydrogen (secondary N) is 1. The lowest BCUT2D eigenvalue weighted by molar-refractivity contribution is 0.150. The molecule has 1 aliphatic rings. The zero-order valence-corrected chi connectivity index (χ0v) is 20.9. The van der Waals surface area contributed by atoms with Gasteiger partial charge >= 0.3 is 0 Å². The smallest absolute Gasteiger partial charge is 0.193 e. The molecule has 8 nitrogen and oxygen atoms in total. The fourth-order valence-electron chi connectivity index (χ4n) is 3.06. The molecule has 30 heavy (non-hydrogen) atoms. The maximum absolute atomic E-state index is 13.9. The lowest BCUT2D eigenvalue weighted by Crippen LogP contribution is -2.52. The fourth-order valence-corrected chi connectivity index (χ4v) is 3.48. The molecule has 1 aliphatic heterocycles. The Balaban J connectivity index is 0.00000450. The van der Waals surface area contributed by atoms with Crippen LogP contribution >= 0.6 is 24.0 Å². The highest BCUT2D eigenvalue weighted by Gasteiger charge is 2.20. The van der Waals surface area contributed by atoms with Crippen LogP contribution in [0.5, 0.6) is 5.75 Å². The Bertz CT molecular complexity index is 787. The summed E-state index contributed by atoms with van der Waals surface area (Å²) in [7, 11) is 0.201. The highest BCUT2D eigenvalue weighted by molar-refractivity contribution is 14.0. The van der Waals surface area contributed by atoms with E-state index in [0.717, 1.165) is 37.7 Å². The van der Waals surface area contributed by atoms with E-state index in [1.54, 1.807) is 13.1 Å². The average molecular weight is 558 g/mol. The van der Waals surface area contributed by atoms with Crippen LogP contribution in [0, 0.1) is 5.82 Å². The largest absolute Gasteiger partial charge is 0.494 e. The second kappa shape index (κ2) is 13.3. The molecular weight excluding hydrogens is 526 g/mol. The van der Waals surface area contributed by atoms with Gasteiger partial charge in [0.1, 0.15) is 9.84 Å². The van der Waals surface area contributed by atoms with Gasteiger partial charge < -0.3 is 19.7 Å². The minimum atomic E-state index is -2.99. The molecule has 172 valence electrons. The van der Waals surface area contributed by atoms with Crippen molar-refractivity contribution in [2.24, 2.45) is 4.99 Å². The van der Waals surface area contributed by atoms with Gasteiger partial charge in [-0.15, -0.1) is 24.0 Å². The monoisotopic (exact) mass is 558 g/mol. The molecule has 0 unspecified atom stereocenters. The molecule has 11 heteroatoms. The summed E-state index contributed by atoms with van der Waals surface area (Å²) < 4.78 is 46.3. The third-order valence-corrected chi connectivity index (χ3v) is 5.54. The Hall–Kier alpha value is -1.18. The molecule has 0 aliphatic carbocycles. The van der Waals surface area contributed by atoms with E-state index in [2.05, 4.69) is 20.1 Å². The maximum Gasteiger partial charge on any atom is 0.193 e. The van der Waals surface area contributed by atoms with Crippen LogP contribution in [0.1, 0.15) is 5.56 Å². The number of halogens is 2. The first kappa shape index (κ1) is 26.9. The van der Waals surface area contributed by atoms with Gasteiger partial charge in [0.2, 0.25) is 0 Å². The topological polar surface area (TPSA) is 83.5 Å². The second-order valence-electron chi connectivity index (χ2n) is 6.95. The van der Waals surface area contributed by atoms with Crippen molar-refractivity contribution in [3.8, 4) is 5.75 Å². The molecule has 2 rings (SSSR count). The number of benzene rings is 1. The van der Waals surface area contributed by atoms with E-state index >= 15 is 0 Å². The van der Waals surface area contributed by atoms with E-state index in [4.69, 9.17) is 9.47 Å². The Kier molecular flexibility index (Phi) is 11.9. The summed E-state index contributed by atoms with van der Waals surface area (Å²) in [4.78, 5) is 8.75. The molecule has 1 aromatic rings. The van der Waals surface area contributed by atoms with Crippen LogP contribution in [-0.4, -0.2) is 96.3 Å². The quantitative estimate of drug-likeness (QED) is 0.211. The molecule has 0 radical (unpaired) electrons. The molecule has 1 N–H and O–H groups in total. The molecule has 0 aromatic heterocycles. The van der Waals surface area contributed by atoms with E-state index in [1.807, 2.05) is 6.07 Å². The Morgan fingerprint density at radius 3 is 2.50 bits per heavy atom. The summed E-state index contributed by atoms with van der Waals surface area (Å²) in [6, 6.07) is 5.07. The van der Waals surface area contributed by atoms with Gasteiger partial charge in [-0.2, -0.15) is 0 Å². The normalized spacial score (nSPS) is 15.6. The third-order valence-electron chi connectivity index (χ3n) is 4.63. The molecule has 0 saturated carbocycles. The molecule has 1 fully saturated rings. The van der Waals surface area contributed by atoms with Crippen molar-refractivity contribution in [2.75, 3.05) is 72.1 Å². The number of aliphatic imine (C=N–C) groups is 1. The summed E-state index contributed by atoms with van der Waals surface area (Å²) in [6.07, 6.45) is 1.20. The molecule has 1 saturated heterocycles. The van der Waals surface area contributed by atoms with Crippen LogP contribution in [0.2, 0.25) is 0 Å². The fraction of sp³-hybridized carbons (Fsp3) is 0.632. The van der Waals surface area contributed by atoms with Gasteiger partial charge in [-0.1, -0.05) is 6.07 Å². The van der Waals surface area contributed by atoms with Crippen molar-refractivity contribution in [3.63, 3.8) is 0 Å². The predicted molar refractivity (Wildman–Crippen MR) is 127 cm³/mol. The molecular formula is C19H32FIN4O4S. The van der Waals surface area contributed by atoms with Crippen molar-refractivity contribution in [3.05, 3.63) is 29.6 Å². The number of hydrogen-bond donors (Lipinski definition) is 1. The second-order valence-corrected chi connectivity index (χ2v) is 9.21. The van der Waals surface area contributed by atoms with Crippen LogP contribution in [0.3, 0.4) is 0 Å². The van der Waals surface area contributed by atoms with E-state index in [9.17, 15) is 12.8 Å². The molecule has 0 bridgehead atoms. The van der Waals surface area contributed by atoms with Crippen molar-refractivity contribution >= 4 is 39.8 Å². The van der Waals surface area contributed by atoms with Crippen LogP contribution in [0.25, 0.3) is 0 Å². The van der Waals surface area contributed by atoms with Crippen molar-refractivity contribution in [1.82, 2.24) is 15.1 Å². The number of rotatable bonds is 9. The van der Waals surface area contributed by atoms with Gasteiger partial charge in [-0.3, -0.25) is 9.89 Å². The average Bonchev–Trinajstić information content (AvgIpc) is 2.68. The summed E-state index contributed by atoms with van der Waals surface area (Å²) in [5.74, 6) is 0.745. The molecule has 0 spiro atoms. The van der Waals surface area contributed by atoms with Gasteiger partial charge in [0.15, 0.2) is 17.5 Å². The number of hydrogen-bond acceptors (Lipinski definition) is 6. The molecule has 0 amide bonds. The van der Waals surface area contributed by atoms with Crippen LogP contribution in [0.15, 0.2) is 23.2 Å². The number of ether oxygens (including phenoxy) is 2. The minimum absolute atomic E-state index is 0. The van der Waals surface area contributed by atoms with E-state index in [1.165, 1.54) is 19.4 Å². The summed E-state index contributed by atoms with van der Waals surface area (Å²) in [5, 5.41) is 3.24. The lowest BCUT2D eigenvalue weighted by Gasteiger charge is -2.36. The predicted octanol–water partition coefficient (Wildman–Crippen LogP) is 1.21. The van der Waals surface area contributed by atoms with Crippen LogP contribution < -0.4 is 10.1 Å². The Morgan fingerprint density at radius 1 is 1.23 bits per heavy atom. The van der Waals surface area contributed by atoms with Gasteiger partial charge in [-0.05, 0) is 17.7 Å². The Labute approximate surface area is 195 Å². The first-order valence-corrected chi connectivity index (χ1v) is 11.6. The van der Waals surface area contributed by atoms with Crippen LogP contribution in [-0.2, 0) is 21.1 Å². The van der Waals surface area contributed by atoms with Crippen LogP contribution in [0.4, 0.5) is 4.39 Å². The molecule has 1 aromatic carbocycles. The summed E-state index contributed by atoms with van der Waals surface area (Å²) in [5.41, 5.74) is 0.922. The molecule has 0 atom stereocenters. The molecule has 1 heterocycles. The minimum Gasteiger partial charge on any atom is -0.494 e. The van der Waals surface area contributed by atoms with E-state index in [0.29, 0.717) is 19.7 Å². The highest BCUT2D eigenvalue weighted by atomic mass is 127. The summed E-state index contributed by atoms with van der Waals surface area (Å²) in [6.45, 7) is 5.18. The zero-order valence-electron chi connectivity index (χ0n) is 17.8. The van der Waals surface area contributed by atoms with Gasteiger partial charge in [-0.25, -0.2) is 12.8 Å². The number of piperazine rings is 1. The third kappa shape index (κ3) is 9.31. The van der Waals surface area contributed by atoms with Crippen molar-refractivity contribution in [1.29, 1.82) is 0 Å². The Morgan fingerprint density at radius 2 is 1.93 bits per heavy atom. The first-order valence-electron chi connectivity index (χ1n) is 9.58. The number of nitrogens with zero attached hydrogens (tertiary/aromatic N) is 3. The first-order chi connectivity index (χ1) is 13.8. The van der Waals surface area contributed by atoms with E-state index in [-0.39, 0.29) is 47.9 Å². The lowest BCUT2D eigenvalue weighted by atomic mass is 10.2. The van der Waals surface area contributed by atoms with Crippen molar-refractivity contribution < 1.29 is 22.3 Å². The zero-order chi connectivity index (χ0) is 21.3.